The Morgan fingerprint density at radius 3 is 2.41 bits per heavy atom. The van der Waals surface area contributed by atoms with Crippen LogP contribution in [0.1, 0.15) is 24.2 Å². The summed E-state index contributed by atoms with van der Waals surface area (Å²) in [5, 5.41) is 9.49. The topological polar surface area (TPSA) is 46.5 Å². The molecule has 0 aliphatic heterocycles. The smallest absolute Gasteiger partial charge is 0.380 e. The largest absolute Gasteiger partial charge is 0.461 e. The van der Waals surface area contributed by atoms with Crippen molar-refractivity contribution in [2.24, 2.45) is 0 Å². The van der Waals surface area contributed by atoms with Gasteiger partial charge in [0.1, 0.15) is 0 Å². The summed E-state index contributed by atoms with van der Waals surface area (Å²) in [6.45, 7) is 3.06. The molecule has 0 amide bonds. The van der Waals surface area contributed by atoms with E-state index in [1.807, 2.05) is 0 Å². The highest BCUT2D eigenvalue weighted by atomic mass is 19.3. The lowest BCUT2D eigenvalue weighted by Gasteiger charge is -2.20. The maximum atomic E-state index is 13.5. The highest BCUT2D eigenvalue weighted by Gasteiger charge is 2.48. The van der Waals surface area contributed by atoms with Crippen molar-refractivity contribution >= 4 is 5.97 Å². The summed E-state index contributed by atoms with van der Waals surface area (Å²) in [5.41, 5.74) is 0.856. The molecule has 0 aliphatic carbocycles. The molecule has 0 fully saturated rings. The van der Waals surface area contributed by atoms with Gasteiger partial charge in [-0.1, -0.05) is 29.8 Å². The molecular formula is C12H14F2O3. The summed E-state index contributed by atoms with van der Waals surface area (Å²) in [6.07, 6.45) is -2.19. The fourth-order valence-electron chi connectivity index (χ4n) is 1.30. The van der Waals surface area contributed by atoms with E-state index in [1.54, 1.807) is 19.1 Å². The van der Waals surface area contributed by atoms with E-state index >= 15 is 0 Å². The van der Waals surface area contributed by atoms with E-state index in [0.29, 0.717) is 0 Å². The highest BCUT2D eigenvalue weighted by Crippen LogP contribution is 2.32. The molecular weight excluding hydrogens is 230 g/mol. The zero-order valence-corrected chi connectivity index (χ0v) is 9.61. The maximum absolute atomic E-state index is 13.5. The first kappa shape index (κ1) is 13.6. The lowest BCUT2D eigenvalue weighted by Crippen LogP contribution is -2.37. The van der Waals surface area contributed by atoms with Crippen molar-refractivity contribution in [2.45, 2.75) is 25.9 Å². The second-order valence-corrected chi connectivity index (χ2v) is 3.66. The first-order valence-electron chi connectivity index (χ1n) is 5.19. The molecule has 17 heavy (non-hydrogen) atoms. The van der Waals surface area contributed by atoms with E-state index in [1.165, 1.54) is 19.1 Å². The predicted molar refractivity (Wildman–Crippen MR) is 57.7 cm³/mol. The Hall–Kier alpha value is -1.49. The minimum absolute atomic E-state index is 0.0198. The lowest BCUT2D eigenvalue weighted by atomic mass is 10.0. The standard InChI is InChI=1S/C12H14F2O3/c1-3-17-11(16)12(13,14)10(15)9-6-4-8(2)5-7-9/h4-7,10,15H,3H2,1-2H3/t10-/m0/s1. The number of esters is 1. The molecule has 1 N–H and O–H groups in total. The van der Waals surface area contributed by atoms with Crippen LogP contribution in [-0.2, 0) is 9.53 Å². The van der Waals surface area contributed by atoms with E-state index in [2.05, 4.69) is 4.74 Å². The molecule has 3 nitrogen and oxygen atoms in total. The molecule has 0 bridgehead atoms. The van der Waals surface area contributed by atoms with Gasteiger partial charge in [-0.05, 0) is 19.4 Å². The summed E-state index contributed by atoms with van der Waals surface area (Å²) in [5.74, 6) is -5.65. The normalized spacial score (nSPS) is 13.2. The molecule has 0 saturated carbocycles. The van der Waals surface area contributed by atoms with Crippen molar-refractivity contribution in [3.8, 4) is 0 Å². The molecule has 1 rings (SSSR count). The van der Waals surface area contributed by atoms with Crippen molar-refractivity contribution in [3.63, 3.8) is 0 Å². The van der Waals surface area contributed by atoms with E-state index in [9.17, 15) is 18.7 Å². The van der Waals surface area contributed by atoms with Crippen molar-refractivity contribution in [1.29, 1.82) is 0 Å². The summed E-state index contributed by atoms with van der Waals surface area (Å²) < 4.78 is 31.1. The van der Waals surface area contributed by atoms with Crippen LogP contribution < -0.4 is 0 Å². The number of carbonyl (C=O) groups excluding carboxylic acids is 1. The maximum Gasteiger partial charge on any atom is 0.380 e. The molecule has 0 aliphatic rings. The highest BCUT2D eigenvalue weighted by molar-refractivity contribution is 5.78. The Labute approximate surface area is 98.0 Å². The van der Waals surface area contributed by atoms with Gasteiger partial charge < -0.3 is 9.84 Å². The Balaban J connectivity index is 2.91. The molecule has 0 radical (unpaired) electrons. The molecule has 1 aromatic rings. The SMILES string of the molecule is CCOC(=O)C(F)(F)[C@@H](O)c1ccc(C)cc1. The third-order valence-electron chi connectivity index (χ3n) is 2.28. The molecule has 0 aromatic heterocycles. The van der Waals surface area contributed by atoms with Crippen molar-refractivity contribution < 1.29 is 23.4 Å². The van der Waals surface area contributed by atoms with Gasteiger partial charge in [-0.25, -0.2) is 4.79 Å². The number of rotatable bonds is 4. The third-order valence-corrected chi connectivity index (χ3v) is 2.28. The first-order chi connectivity index (χ1) is 7.89. The van der Waals surface area contributed by atoms with Crippen molar-refractivity contribution in [1.82, 2.24) is 0 Å². The fraction of sp³-hybridized carbons (Fsp3) is 0.417. The van der Waals surface area contributed by atoms with Gasteiger partial charge >= 0.3 is 11.9 Å². The van der Waals surface area contributed by atoms with Crippen LogP contribution in [0.3, 0.4) is 0 Å². The molecule has 94 valence electrons. The summed E-state index contributed by atoms with van der Waals surface area (Å²) >= 11 is 0. The number of aliphatic hydroxyl groups is 1. The Bertz CT molecular complexity index is 387. The number of hydrogen-bond acceptors (Lipinski definition) is 3. The van der Waals surface area contributed by atoms with Gasteiger partial charge in [-0.3, -0.25) is 0 Å². The minimum atomic E-state index is -3.94. The number of ether oxygens (including phenoxy) is 1. The van der Waals surface area contributed by atoms with Gasteiger partial charge in [-0.15, -0.1) is 0 Å². The van der Waals surface area contributed by atoms with Crippen LogP contribution in [-0.4, -0.2) is 23.6 Å². The van der Waals surface area contributed by atoms with Crippen LogP contribution >= 0.6 is 0 Å². The zero-order chi connectivity index (χ0) is 13.1. The zero-order valence-electron chi connectivity index (χ0n) is 9.61. The van der Waals surface area contributed by atoms with E-state index < -0.39 is 18.0 Å². The summed E-state index contributed by atoms with van der Waals surface area (Å²) in [7, 11) is 0. The molecule has 0 saturated heterocycles. The summed E-state index contributed by atoms with van der Waals surface area (Å²) in [6, 6.07) is 5.87. The van der Waals surface area contributed by atoms with Gasteiger partial charge in [0.15, 0.2) is 6.10 Å². The number of hydrogen-bond donors (Lipinski definition) is 1. The van der Waals surface area contributed by atoms with Gasteiger partial charge in [0.25, 0.3) is 0 Å². The molecule has 0 spiro atoms. The number of aryl methyl sites for hydroxylation is 1. The van der Waals surface area contributed by atoms with Gasteiger partial charge in [0, 0.05) is 0 Å². The van der Waals surface area contributed by atoms with E-state index in [-0.39, 0.29) is 12.2 Å². The van der Waals surface area contributed by atoms with Crippen LogP contribution in [0.5, 0.6) is 0 Å². The average molecular weight is 244 g/mol. The van der Waals surface area contributed by atoms with Gasteiger partial charge in [0.05, 0.1) is 6.61 Å². The van der Waals surface area contributed by atoms with E-state index in [0.717, 1.165) is 5.56 Å². The lowest BCUT2D eigenvalue weighted by molar-refractivity contribution is -0.189. The van der Waals surface area contributed by atoms with Crippen molar-refractivity contribution in [3.05, 3.63) is 35.4 Å². The second-order valence-electron chi connectivity index (χ2n) is 3.66. The van der Waals surface area contributed by atoms with Crippen LogP contribution in [0, 0.1) is 6.92 Å². The van der Waals surface area contributed by atoms with Gasteiger partial charge in [0.2, 0.25) is 0 Å². The third kappa shape index (κ3) is 3.00. The fourth-order valence-corrected chi connectivity index (χ4v) is 1.30. The van der Waals surface area contributed by atoms with E-state index in [4.69, 9.17) is 0 Å². The van der Waals surface area contributed by atoms with Crippen molar-refractivity contribution in [2.75, 3.05) is 6.61 Å². The number of alkyl halides is 2. The number of aliphatic hydroxyl groups excluding tert-OH is 1. The van der Waals surface area contributed by atoms with Crippen LogP contribution in [0.25, 0.3) is 0 Å². The molecule has 1 atom stereocenters. The Morgan fingerprint density at radius 2 is 1.94 bits per heavy atom. The van der Waals surface area contributed by atoms with Crippen LogP contribution in [0.2, 0.25) is 0 Å². The quantitative estimate of drug-likeness (QED) is 0.826. The molecule has 5 heteroatoms. The molecule has 0 heterocycles. The molecule has 0 unspecified atom stereocenters. The second kappa shape index (κ2) is 5.23. The average Bonchev–Trinajstić information content (AvgIpc) is 2.29. The minimum Gasteiger partial charge on any atom is -0.461 e. The Morgan fingerprint density at radius 1 is 1.41 bits per heavy atom. The Kier molecular flexibility index (Phi) is 4.17. The first-order valence-corrected chi connectivity index (χ1v) is 5.19. The summed E-state index contributed by atoms with van der Waals surface area (Å²) in [4.78, 5) is 11.0. The van der Waals surface area contributed by atoms with Crippen LogP contribution in [0.15, 0.2) is 24.3 Å². The van der Waals surface area contributed by atoms with Crippen LogP contribution in [0.4, 0.5) is 8.78 Å². The predicted octanol–water partition coefficient (Wildman–Crippen LogP) is 2.23. The molecule has 1 aromatic carbocycles. The van der Waals surface area contributed by atoms with Gasteiger partial charge in [-0.2, -0.15) is 8.78 Å². The number of halogens is 2. The number of benzene rings is 1. The monoisotopic (exact) mass is 244 g/mol. The number of carbonyl (C=O) groups is 1.